The highest BCUT2D eigenvalue weighted by Crippen LogP contribution is 2.18. The molecule has 0 saturated heterocycles. The van der Waals surface area contributed by atoms with Gasteiger partial charge >= 0.3 is 11.9 Å². The molecule has 2 N–H and O–H groups in total. The standard InChI is InChI=1S/C32H61NO5/c1-3-5-7-9-11-12-13-14-19-23-27-32(37)38-29(24-20-16-10-8-6-4-2)25-21-17-15-18-22-26-30(34)33-28-31(35)36/h29H,3-28H2,1-2H3,(H,33,34)(H,35,36). The van der Waals surface area contributed by atoms with Crippen LogP contribution in [0.2, 0.25) is 0 Å². The molecular formula is C32H61NO5. The summed E-state index contributed by atoms with van der Waals surface area (Å²) in [6, 6.07) is 0. The van der Waals surface area contributed by atoms with Crippen LogP contribution in [-0.2, 0) is 19.1 Å². The summed E-state index contributed by atoms with van der Waals surface area (Å²) in [6.45, 7) is 4.18. The molecule has 0 rings (SSSR count). The highest BCUT2D eigenvalue weighted by Gasteiger charge is 2.14. The van der Waals surface area contributed by atoms with E-state index in [9.17, 15) is 14.4 Å². The molecule has 6 nitrogen and oxygen atoms in total. The lowest BCUT2D eigenvalue weighted by Gasteiger charge is -2.18. The highest BCUT2D eigenvalue weighted by atomic mass is 16.5. The van der Waals surface area contributed by atoms with E-state index in [1.54, 1.807) is 0 Å². The van der Waals surface area contributed by atoms with Crippen molar-refractivity contribution in [2.45, 2.75) is 180 Å². The maximum Gasteiger partial charge on any atom is 0.322 e. The second kappa shape index (κ2) is 28.4. The van der Waals surface area contributed by atoms with E-state index in [0.717, 1.165) is 64.2 Å². The highest BCUT2D eigenvalue weighted by molar-refractivity contribution is 5.80. The van der Waals surface area contributed by atoms with E-state index in [1.165, 1.54) is 83.5 Å². The first-order valence-electron chi connectivity index (χ1n) is 16.2. The Labute approximate surface area is 234 Å². The van der Waals surface area contributed by atoms with Gasteiger partial charge in [0.05, 0.1) is 0 Å². The molecule has 0 saturated carbocycles. The normalized spacial score (nSPS) is 11.8. The third-order valence-electron chi connectivity index (χ3n) is 7.28. The topological polar surface area (TPSA) is 92.7 Å². The fourth-order valence-electron chi connectivity index (χ4n) is 4.87. The minimum Gasteiger partial charge on any atom is -0.480 e. The predicted molar refractivity (Wildman–Crippen MR) is 157 cm³/mol. The number of carbonyl (C=O) groups excluding carboxylic acids is 2. The number of hydrogen-bond donors (Lipinski definition) is 2. The molecule has 0 aromatic carbocycles. The van der Waals surface area contributed by atoms with Crippen LogP contribution in [0.5, 0.6) is 0 Å². The molecule has 38 heavy (non-hydrogen) atoms. The monoisotopic (exact) mass is 539 g/mol. The lowest BCUT2D eigenvalue weighted by Crippen LogP contribution is -2.28. The third-order valence-corrected chi connectivity index (χ3v) is 7.28. The van der Waals surface area contributed by atoms with Crippen LogP contribution in [0.25, 0.3) is 0 Å². The van der Waals surface area contributed by atoms with Gasteiger partial charge in [0.25, 0.3) is 0 Å². The van der Waals surface area contributed by atoms with E-state index in [2.05, 4.69) is 19.2 Å². The Morgan fingerprint density at radius 3 is 1.42 bits per heavy atom. The number of carboxylic acids is 1. The second-order valence-corrected chi connectivity index (χ2v) is 11.1. The van der Waals surface area contributed by atoms with Crippen molar-refractivity contribution in [1.82, 2.24) is 5.32 Å². The summed E-state index contributed by atoms with van der Waals surface area (Å²) in [5, 5.41) is 11.0. The lowest BCUT2D eigenvalue weighted by molar-refractivity contribution is -0.150. The van der Waals surface area contributed by atoms with Crippen LogP contribution in [0, 0.1) is 0 Å². The van der Waals surface area contributed by atoms with Crippen molar-refractivity contribution in [3.05, 3.63) is 0 Å². The number of ether oxygens (including phenoxy) is 1. The molecule has 1 atom stereocenters. The van der Waals surface area contributed by atoms with Gasteiger partial charge in [-0.25, -0.2) is 0 Å². The summed E-state index contributed by atoms with van der Waals surface area (Å²) in [6.07, 6.45) is 27.9. The van der Waals surface area contributed by atoms with Crippen LogP contribution in [0.15, 0.2) is 0 Å². The fraction of sp³-hybridized carbons (Fsp3) is 0.906. The van der Waals surface area contributed by atoms with Gasteiger partial charge in [0, 0.05) is 12.8 Å². The number of nitrogens with one attached hydrogen (secondary N) is 1. The van der Waals surface area contributed by atoms with E-state index in [1.807, 2.05) is 0 Å². The molecule has 1 unspecified atom stereocenters. The molecule has 0 fully saturated rings. The van der Waals surface area contributed by atoms with Crippen molar-refractivity contribution < 1.29 is 24.2 Å². The fourth-order valence-corrected chi connectivity index (χ4v) is 4.87. The number of esters is 1. The Bertz CT molecular complexity index is 566. The first-order chi connectivity index (χ1) is 18.5. The maximum absolute atomic E-state index is 12.5. The minimum atomic E-state index is -1.02. The van der Waals surface area contributed by atoms with E-state index in [-0.39, 0.29) is 24.5 Å². The molecule has 0 bridgehead atoms. The first kappa shape index (κ1) is 36.4. The quantitative estimate of drug-likeness (QED) is 0.0731. The molecule has 1 amide bonds. The zero-order valence-electron chi connectivity index (χ0n) is 25.0. The van der Waals surface area contributed by atoms with Gasteiger partial charge in [0.1, 0.15) is 12.6 Å². The number of carboxylic acid groups (broad SMARTS) is 1. The van der Waals surface area contributed by atoms with Crippen molar-refractivity contribution in [2.75, 3.05) is 6.54 Å². The maximum atomic E-state index is 12.5. The molecule has 224 valence electrons. The Kier molecular flexibility index (Phi) is 27.2. The lowest BCUT2D eigenvalue weighted by atomic mass is 10.0. The summed E-state index contributed by atoms with van der Waals surface area (Å²) in [4.78, 5) is 34.6. The van der Waals surface area contributed by atoms with Crippen molar-refractivity contribution >= 4 is 17.8 Å². The van der Waals surface area contributed by atoms with Gasteiger partial charge in [0.15, 0.2) is 0 Å². The van der Waals surface area contributed by atoms with Crippen molar-refractivity contribution in [2.24, 2.45) is 0 Å². The molecule has 0 aliphatic rings. The average molecular weight is 540 g/mol. The first-order valence-corrected chi connectivity index (χ1v) is 16.2. The van der Waals surface area contributed by atoms with Gasteiger partial charge in [-0.3, -0.25) is 14.4 Å². The SMILES string of the molecule is CCCCCCCCCCCCC(=O)OC(CCCCCCCC)CCCCCCCC(=O)NCC(=O)O. The number of carbonyl (C=O) groups is 3. The van der Waals surface area contributed by atoms with Crippen LogP contribution < -0.4 is 5.32 Å². The zero-order valence-corrected chi connectivity index (χ0v) is 25.0. The van der Waals surface area contributed by atoms with Gasteiger partial charge < -0.3 is 15.2 Å². The Balaban J connectivity index is 4.05. The number of amides is 1. The molecule has 0 aromatic heterocycles. The number of hydrogen-bond acceptors (Lipinski definition) is 4. The zero-order chi connectivity index (χ0) is 28.1. The summed E-state index contributed by atoms with van der Waals surface area (Å²) in [5.41, 5.74) is 0. The Hall–Kier alpha value is -1.59. The summed E-state index contributed by atoms with van der Waals surface area (Å²) < 4.78 is 5.93. The van der Waals surface area contributed by atoms with Gasteiger partial charge in [-0.15, -0.1) is 0 Å². The van der Waals surface area contributed by atoms with Crippen LogP contribution in [0.3, 0.4) is 0 Å². The molecule has 0 radical (unpaired) electrons. The predicted octanol–water partition coefficient (Wildman–Crippen LogP) is 8.89. The number of rotatable bonds is 29. The average Bonchev–Trinajstić information content (AvgIpc) is 2.89. The molecule has 0 spiro atoms. The van der Waals surface area contributed by atoms with Crippen molar-refractivity contribution in [3.63, 3.8) is 0 Å². The van der Waals surface area contributed by atoms with Crippen LogP contribution >= 0.6 is 0 Å². The van der Waals surface area contributed by atoms with E-state index >= 15 is 0 Å². The number of aliphatic carboxylic acids is 1. The molecular weight excluding hydrogens is 478 g/mol. The van der Waals surface area contributed by atoms with Crippen LogP contribution in [0.4, 0.5) is 0 Å². The Morgan fingerprint density at radius 2 is 0.974 bits per heavy atom. The largest absolute Gasteiger partial charge is 0.480 e. The van der Waals surface area contributed by atoms with Crippen LogP contribution in [-0.4, -0.2) is 35.6 Å². The van der Waals surface area contributed by atoms with E-state index in [4.69, 9.17) is 9.84 Å². The van der Waals surface area contributed by atoms with Gasteiger partial charge in [-0.05, 0) is 38.5 Å². The summed E-state index contributed by atoms with van der Waals surface area (Å²) in [7, 11) is 0. The molecule has 6 heteroatoms. The second-order valence-electron chi connectivity index (χ2n) is 11.1. The molecule has 0 aromatic rings. The molecule has 0 heterocycles. The minimum absolute atomic E-state index is 0.0204. The molecule has 0 aliphatic carbocycles. The Morgan fingerprint density at radius 1 is 0.579 bits per heavy atom. The summed E-state index contributed by atoms with van der Waals surface area (Å²) in [5.74, 6) is -1.23. The third kappa shape index (κ3) is 27.4. The van der Waals surface area contributed by atoms with E-state index < -0.39 is 5.97 Å². The summed E-state index contributed by atoms with van der Waals surface area (Å²) >= 11 is 0. The van der Waals surface area contributed by atoms with Gasteiger partial charge in [-0.2, -0.15) is 0 Å². The van der Waals surface area contributed by atoms with Gasteiger partial charge in [-0.1, -0.05) is 123 Å². The molecule has 0 aliphatic heterocycles. The van der Waals surface area contributed by atoms with E-state index in [0.29, 0.717) is 12.8 Å². The number of unbranched alkanes of at least 4 members (excludes halogenated alkanes) is 18. The van der Waals surface area contributed by atoms with Crippen molar-refractivity contribution in [1.29, 1.82) is 0 Å². The van der Waals surface area contributed by atoms with Crippen LogP contribution in [0.1, 0.15) is 174 Å². The van der Waals surface area contributed by atoms with Crippen molar-refractivity contribution in [3.8, 4) is 0 Å². The van der Waals surface area contributed by atoms with Gasteiger partial charge in [0.2, 0.25) is 5.91 Å². The smallest absolute Gasteiger partial charge is 0.322 e.